The van der Waals surface area contributed by atoms with Crippen LogP contribution in [0.5, 0.6) is 0 Å². The summed E-state index contributed by atoms with van der Waals surface area (Å²) in [5.41, 5.74) is 0. The Balaban J connectivity index is 3.90. The van der Waals surface area contributed by atoms with E-state index in [4.69, 9.17) is 4.74 Å². The van der Waals surface area contributed by atoms with Gasteiger partial charge in [-0.2, -0.15) is 12.6 Å². The zero-order valence-corrected chi connectivity index (χ0v) is 21.7. The van der Waals surface area contributed by atoms with Gasteiger partial charge in [-0.05, 0) is 58.8 Å². The molecular weight excluding hydrogens is 430 g/mol. The van der Waals surface area contributed by atoms with Crippen molar-refractivity contribution in [1.29, 1.82) is 0 Å². The normalized spacial score (nSPS) is 14.0. The first kappa shape index (κ1) is 30.7. The van der Waals surface area contributed by atoms with Crippen LogP contribution in [0, 0.1) is 0 Å². The molecule has 33 heavy (non-hydrogen) atoms. The first-order valence-corrected chi connectivity index (χ1v) is 12.3. The van der Waals surface area contributed by atoms with Crippen molar-refractivity contribution in [3.63, 3.8) is 0 Å². The van der Waals surface area contributed by atoms with Crippen molar-refractivity contribution in [3.05, 3.63) is 72.9 Å². The van der Waals surface area contributed by atoms with Crippen LogP contribution in [0.3, 0.4) is 0 Å². The Labute approximate surface area is 207 Å². The van der Waals surface area contributed by atoms with E-state index in [-0.39, 0.29) is 5.91 Å². The molecule has 0 spiro atoms. The van der Waals surface area contributed by atoms with E-state index in [1.54, 1.807) is 13.8 Å². The summed E-state index contributed by atoms with van der Waals surface area (Å²) < 4.78 is 4.05. The number of nitrogens with one attached hydrogen (secondary N) is 1. The van der Waals surface area contributed by atoms with E-state index in [1.807, 2.05) is 12.2 Å². The van der Waals surface area contributed by atoms with E-state index >= 15 is 0 Å². The zero-order chi connectivity index (χ0) is 24.8. The summed E-state index contributed by atoms with van der Waals surface area (Å²) in [5.74, 6) is -0.677. The van der Waals surface area contributed by atoms with Crippen molar-refractivity contribution in [1.82, 2.24) is 5.32 Å². The van der Waals surface area contributed by atoms with Gasteiger partial charge in [0.25, 0.3) is 0 Å². The third-order valence-corrected chi connectivity index (χ3v) is 4.84. The summed E-state index contributed by atoms with van der Waals surface area (Å²) in [4.78, 5) is 23.9. The topological polar surface area (TPSA) is 55.4 Å². The van der Waals surface area contributed by atoms with E-state index in [9.17, 15) is 9.59 Å². The first-order chi connectivity index (χ1) is 15.8. The van der Waals surface area contributed by atoms with Gasteiger partial charge in [-0.15, -0.1) is 0 Å². The number of rotatable bonds is 17. The molecule has 0 rings (SSSR count). The third-order valence-electron chi connectivity index (χ3n) is 4.58. The van der Waals surface area contributed by atoms with Gasteiger partial charge in [0.15, 0.2) is 0 Å². The molecule has 0 aliphatic rings. The molecule has 0 fully saturated rings. The molecule has 5 heteroatoms. The quantitative estimate of drug-likeness (QED) is 0.138. The fraction of sp³-hybridized carbons (Fsp3) is 0.500. The molecule has 0 saturated heterocycles. The summed E-state index contributed by atoms with van der Waals surface area (Å²) in [6.45, 7) is 5.68. The molecule has 0 aromatic rings. The average Bonchev–Trinajstić information content (AvgIpc) is 2.77. The van der Waals surface area contributed by atoms with Crippen LogP contribution in [0.4, 0.5) is 0 Å². The van der Waals surface area contributed by atoms with Gasteiger partial charge in [-0.25, -0.2) is 4.79 Å². The molecule has 0 aromatic carbocycles. The van der Waals surface area contributed by atoms with Crippen LogP contribution in [0.1, 0.15) is 72.1 Å². The minimum Gasteiger partial charge on any atom is -0.467 e. The molecule has 0 aliphatic heterocycles. The van der Waals surface area contributed by atoms with Crippen molar-refractivity contribution < 1.29 is 14.3 Å². The van der Waals surface area contributed by atoms with E-state index < -0.39 is 16.8 Å². The van der Waals surface area contributed by atoms with Gasteiger partial charge < -0.3 is 10.1 Å². The number of carbonyl (C=O) groups is 2. The fourth-order valence-corrected chi connectivity index (χ4v) is 2.90. The second-order valence-electron chi connectivity index (χ2n) is 8.13. The third kappa shape index (κ3) is 19.0. The van der Waals surface area contributed by atoms with Crippen LogP contribution < -0.4 is 5.32 Å². The number of thiol groups is 1. The largest absolute Gasteiger partial charge is 0.467 e. The van der Waals surface area contributed by atoms with Crippen LogP contribution in [0.2, 0.25) is 0 Å². The molecule has 0 saturated carbocycles. The van der Waals surface area contributed by atoms with Gasteiger partial charge in [0.05, 0.1) is 7.11 Å². The van der Waals surface area contributed by atoms with Gasteiger partial charge in [-0.3, -0.25) is 4.79 Å². The lowest BCUT2D eigenvalue weighted by atomic mass is 10.0. The maximum atomic E-state index is 12.1. The lowest BCUT2D eigenvalue weighted by Gasteiger charge is -2.28. The molecule has 184 valence electrons. The van der Waals surface area contributed by atoms with Gasteiger partial charge in [0.1, 0.15) is 6.04 Å². The predicted octanol–water partition coefficient (Wildman–Crippen LogP) is 6.83. The molecule has 0 bridgehead atoms. The molecule has 1 N–H and O–H groups in total. The highest BCUT2D eigenvalue weighted by atomic mass is 32.1. The Hall–Kier alpha value is -2.27. The minimum absolute atomic E-state index is 0.188. The summed E-state index contributed by atoms with van der Waals surface area (Å²) in [5, 5.41) is 2.71. The number of hydrogen-bond donors (Lipinski definition) is 2. The lowest BCUT2D eigenvalue weighted by Crippen LogP contribution is -2.51. The highest BCUT2D eigenvalue weighted by Gasteiger charge is 2.34. The van der Waals surface area contributed by atoms with Crippen molar-refractivity contribution in [2.75, 3.05) is 7.11 Å². The number of esters is 1. The highest BCUT2D eigenvalue weighted by molar-refractivity contribution is 7.81. The average molecular weight is 474 g/mol. The van der Waals surface area contributed by atoms with E-state index in [1.165, 1.54) is 7.11 Å². The van der Waals surface area contributed by atoms with Crippen molar-refractivity contribution >= 4 is 24.5 Å². The van der Waals surface area contributed by atoms with Gasteiger partial charge in [0, 0.05) is 11.2 Å². The van der Waals surface area contributed by atoms with Crippen LogP contribution in [0.25, 0.3) is 0 Å². The number of ether oxygens (including phenoxy) is 1. The number of hydrogen-bond acceptors (Lipinski definition) is 4. The second kappa shape index (κ2) is 20.3. The van der Waals surface area contributed by atoms with Crippen LogP contribution in [0.15, 0.2) is 72.9 Å². The molecule has 0 radical (unpaired) electrons. The van der Waals surface area contributed by atoms with Gasteiger partial charge >= 0.3 is 5.97 Å². The van der Waals surface area contributed by atoms with Gasteiger partial charge in [0.2, 0.25) is 5.91 Å². The standard InChI is InChI=1S/C28H43NO3S/c1-5-6-7-8-9-10-11-12-13-14-15-16-17-18-19-20-21-22-23-24-25(30)29-26(27(31)32-4)28(2,3)33/h6-7,9-10,12-13,15-16,18-19,21-22,26,33H,5,8,11,14,17,20,23-24H2,1-4H3,(H,29,30)/b7-6-,10-9-,13-12-,16-15-,19-18-,22-21-. The monoisotopic (exact) mass is 473 g/mol. The maximum absolute atomic E-state index is 12.1. The van der Waals surface area contributed by atoms with Crippen LogP contribution in [-0.4, -0.2) is 29.8 Å². The molecular formula is C28H43NO3S. The Kier molecular flexibility index (Phi) is 18.9. The molecule has 0 aromatic heterocycles. The van der Waals surface area contributed by atoms with Crippen molar-refractivity contribution in [3.8, 4) is 0 Å². The van der Waals surface area contributed by atoms with Crippen molar-refractivity contribution in [2.24, 2.45) is 0 Å². The Morgan fingerprint density at radius 2 is 1.18 bits per heavy atom. The zero-order valence-electron chi connectivity index (χ0n) is 20.8. The van der Waals surface area contributed by atoms with E-state index in [0.29, 0.717) is 12.8 Å². The molecule has 0 heterocycles. The van der Waals surface area contributed by atoms with E-state index in [0.717, 1.165) is 38.5 Å². The minimum atomic E-state index is -0.774. The smallest absolute Gasteiger partial charge is 0.329 e. The fourth-order valence-electron chi connectivity index (χ4n) is 2.73. The van der Waals surface area contributed by atoms with Crippen molar-refractivity contribution in [2.45, 2.75) is 82.9 Å². The summed E-state index contributed by atoms with van der Waals surface area (Å²) in [6.07, 6.45) is 32.6. The number of carbonyl (C=O) groups excluding carboxylic acids is 2. The molecule has 1 atom stereocenters. The SMILES string of the molecule is CC/C=C\C/C=C\C/C=C\C/C=C\C/C=C\C/C=C\CCC(=O)NC(C(=O)OC)C(C)(C)S. The second-order valence-corrected chi connectivity index (χ2v) is 9.28. The number of allylic oxidation sites excluding steroid dienone is 12. The predicted molar refractivity (Wildman–Crippen MR) is 144 cm³/mol. The van der Waals surface area contributed by atoms with Crippen LogP contribution >= 0.6 is 12.6 Å². The van der Waals surface area contributed by atoms with E-state index in [2.05, 4.69) is 85.6 Å². The first-order valence-electron chi connectivity index (χ1n) is 11.8. The summed E-state index contributed by atoms with van der Waals surface area (Å²) in [7, 11) is 1.30. The molecule has 1 amide bonds. The lowest BCUT2D eigenvalue weighted by molar-refractivity contribution is -0.145. The summed E-state index contributed by atoms with van der Waals surface area (Å²) >= 11 is 4.38. The Bertz CT molecular complexity index is 709. The number of methoxy groups -OCH3 is 1. The maximum Gasteiger partial charge on any atom is 0.329 e. The highest BCUT2D eigenvalue weighted by Crippen LogP contribution is 2.19. The Morgan fingerprint density at radius 3 is 1.55 bits per heavy atom. The number of amides is 1. The Morgan fingerprint density at radius 1 is 0.788 bits per heavy atom. The molecule has 0 aliphatic carbocycles. The van der Waals surface area contributed by atoms with Gasteiger partial charge in [-0.1, -0.05) is 79.8 Å². The summed E-state index contributed by atoms with van der Waals surface area (Å²) in [6, 6.07) is -0.774. The van der Waals surface area contributed by atoms with Crippen LogP contribution in [-0.2, 0) is 14.3 Å². The molecule has 4 nitrogen and oxygen atoms in total. The molecule has 1 unspecified atom stereocenters.